The monoisotopic (exact) mass is 457 g/mol. The van der Waals surface area contributed by atoms with Gasteiger partial charge in [0.05, 0.1) is 12.3 Å². The number of hydrogen-bond donors (Lipinski definition) is 0. The van der Waals surface area contributed by atoms with E-state index in [1.165, 1.54) is 19.1 Å². The molecule has 4 rings (SSSR count). The van der Waals surface area contributed by atoms with Gasteiger partial charge in [-0.1, -0.05) is 12.1 Å². The lowest BCUT2D eigenvalue weighted by Gasteiger charge is -2.25. The molecule has 3 aromatic rings. The van der Waals surface area contributed by atoms with Gasteiger partial charge in [0, 0.05) is 27.1 Å². The lowest BCUT2D eigenvalue weighted by Crippen LogP contribution is -2.31. The summed E-state index contributed by atoms with van der Waals surface area (Å²) in [6.07, 6.45) is 0. The molecule has 1 amide bonds. The Morgan fingerprint density at radius 1 is 1.10 bits per heavy atom. The Balaban J connectivity index is 1.54. The van der Waals surface area contributed by atoms with E-state index in [0.717, 1.165) is 16.6 Å². The molecule has 2 heterocycles. The van der Waals surface area contributed by atoms with Crippen molar-refractivity contribution in [3.8, 4) is 11.5 Å². The Hall–Kier alpha value is -2.84. The summed E-state index contributed by atoms with van der Waals surface area (Å²) in [4.78, 5) is 27.6. The van der Waals surface area contributed by atoms with Gasteiger partial charge in [-0.05, 0) is 42.6 Å². The number of Topliss-reactive ketones (excluding diaryl/α,β-unsaturated/α-hetero) is 1. The van der Waals surface area contributed by atoms with Crippen LogP contribution >= 0.6 is 23.1 Å². The molecule has 8 heteroatoms. The van der Waals surface area contributed by atoms with Crippen LogP contribution < -0.4 is 14.4 Å². The maximum Gasteiger partial charge on any atom is 0.237 e. The number of rotatable bonds is 7. The molecule has 1 aromatic heterocycles. The predicted octanol–water partition coefficient (Wildman–Crippen LogP) is 5.19. The third-order valence-corrected chi connectivity index (χ3v) is 6.62. The van der Waals surface area contributed by atoms with Crippen molar-refractivity contribution in [2.24, 2.45) is 0 Å². The number of hydrogen-bond acceptors (Lipinski definition) is 6. The standard InChI is InChI=1S/C23H20FNO4S2/c1-15(26)16-4-7-22(19(24)11-16)31-14-23(27)25(13-18-3-2-10-30-18)17-5-6-20-21(12-17)29-9-8-28-20/h2-7,10-12H,8-9,13-14H2,1H3. The molecule has 31 heavy (non-hydrogen) atoms. The van der Waals surface area contributed by atoms with Crippen LogP contribution in [-0.2, 0) is 11.3 Å². The number of thiophene rings is 1. The minimum atomic E-state index is -0.505. The van der Waals surface area contributed by atoms with Gasteiger partial charge in [-0.25, -0.2) is 4.39 Å². The highest BCUT2D eigenvalue weighted by atomic mass is 32.2. The summed E-state index contributed by atoms with van der Waals surface area (Å²) in [5.74, 6) is 0.440. The van der Waals surface area contributed by atoms with Gasteiger partial charge in [0.15, 0.2) is 17.3 Å². The summed E-state index contributed by atoms with van der Waals surface area (Å²) >= 11 is 2.67. The fraction of sp³-hybridized carbons (Fsp3) is 0.217. The first-order valence-corrected chi connectivity index (χ1v) is 11.5. The van der Waals surface area contributed by atoms with Gasteiger partial charge < -0.3 is 14.4 Å². The summed E-state index contributed by atoms with van der Waals surface area (Å²) in [5.41, 5.74) is 0.999. The molecule has 0 unspecified atom stereocenters. The van der Waals surface area contributed by atoms with Crippen LogP contribution in [0.25, 0.3) is 0 Å². The van der Waals surface area contributed by atoms with Gasteiger partial charge in [0.2, 0.25) is 5.91 Å². The van der Waals surface area contributed by atoms with Crippen molar-refractivity contribution in [3.63, 3.8) is 0 Å². The Kier molecular flexibility index (Phi) is 6.58. The van der Waals surface area contributed by atoms with E-state index in [4.69, 9.17) is 9.47 Å². The molecule has 160 valence electrons. The highest BCUT2D eigenvalue weighted by Crippen LogP contribution is 2.35. The first-order valence-electron chi connectivity index (χ1n) is 9.67. The Morgan fingerprint density at radius 2 is 1.90 bits per heavy atom. The van der Waals surface area contributed by atoms with Gasteiger partial charge in [0.25, 0.3) is 0 Å². The van der Waals surface area contributed by atoms with E-state index < -0.39 is 5.82 Å². The topological polar surface area (TPSA) is 55.8 Å². The summed E-state index contributed by atoms with van der Waals surface area (Å²) < 4.78 is 25.6. The van der Waals surface area contributed by atoms with Crippen molar-refractivity contribution in [1.29, 1.82) is 0 Å². The molecule has 2 aromatic carbocycles. The van der Waals surface area contributed by atoms with Crippen molar-refractivity contribution in [2.75, 3.05) is 23.9 Å². The lowest BCUT2D eigenvalue weighted by molar-refractivity contribution is -0.116. The summed E-state index contributed by atoms with van der Waals surface area (Å²) in [6.45, 7) is 2.75. The molecule has 0 saturated heterocycles. The quantitative estimate of drug-likeness (QED) is 0.361. The molecule has 0 spiro atoms. The van der Waals surface area contributed by atoms with E-state index >= 15 is 0 Å². The number of ether oxygens (including phenoxy) is 2. The van der Waals surface area contributed by atoms with Gasteiger partial charge in [0.1, 0.15) is 19.0 Å². The van der Waals surface area contributed by atoms with Crippen LogP contribution in [0.2, 0.25) is 0 Å². The van der Waals surface area contributed by atoms with Crippen molar-refractivity contribution < 1.29 is 23.5 Å². The first-order chi connectivity index (χ1) is 15.0. The molecule has 0 atom stereocenters. The Labute approximate surface area is 187 Å². The summed E-state index contributed by atoms with van der Waals surface area (Å²) in [5, 5.41) is 1.96. The van der Waals surface area contributed by atoms with Crippen LogP contribution in [0.5, 0.6) is 11.5 Å². The molecular weight excluding hydrogens is 437 g/mol. The van der Waals surface area contributed by atoms with Gasteiger partial charge in [-0.3, -0.25) is 9.59 Å². The summed E-state index contributed by atoms with van der Waals surface area (Å²) in [6, 6.07) is 13.6. The highest BCUT2D eigenvalue weighted by Gasteiger charge is 2.21. The molecule has 0 fully saturated rings. The number of amides is 1. The zero-order valence-corrected chi connectivity index (χ0v) is 18.4. The van der Waals surface area contributed by atoms with Gasteiger partial charge >= 0.3 is 0 Å². The van der Waals surface area contributed by atoms with Crippen molar-refractivity contribution >= 4 is 40.5 Å². The van der Waals surface area contributed by atoms with Crippen LogP contribution in [0.3, 0.4) is 0 Å². The maximum absolute atomic E-state index is 14.4. The predicted molar refractivity (Wildman–Crippen MR) is 120 cm³/mol. The fourth-order valence-corrected chi connectivity index (χ4v) is 4.62. The van der Waals surface area contributed by atoms with E-state index in [9.17, 15) is 14.0 Å². The zero-order valence-electron chi connectivity index (χ0n) is 16.8. The van der Waals surface area contributed by atoms with E-state index in [0.29, 0.717) is 47.4 Å². The molecule has 5 nitrogen and oxygen atoms in total. The number of carbonyl (C=O) groups excluding carboxylic acids is 2. The third-order valence-electron chi connectivity index (χ3n) is 4.72. The number of halogens is 1. The minimum absolute atomic E-state index is 0.0517. The fourth-order valence-electron chi connectivity index (χ4n) is 3.14. The minimum Gasteiger partial charge on any atom is -0.486 e. The Morgan fingerprint density at radius 3 is 2.61 bits per heavy atom. The SMILES string of the molecule is CC(=O)c1ccc(SCC(=O)N(Cc2cccs2)c2ccc3c(c2)OCCO3)c(F)c1. The molecule has 1 aliphatic rings. The molecule has 0 aliphatic carbocycles. The highest BCUT2D eigenvalue weighted by molar-refractivity contribution is 8.00. The van der Waals surface area contributed by atoms with Gasteiger partial charge in [-0.15, -0.1) is 23.1 Å². The average molecular weight is 458 g/mol. The molecule has 0 radical (unpaired) electrons. The van der Waals surface area contributed by atoms with Gasteiger partial charge in [-0.2, -0.15) is 0 Å². The molecular formula is C23H20FNO4S2. The van der Waals surface area contributed by atoms with Crippen molar-refractivity contribution in [3.05, 3.63) is 70.2 Å². The molecule has 1 aliphatic heterocycles. The van der Waals surface area contributed by atoms with Crippen LogP contribution in [0.1, 0.15) is 22.2 Å². The number of nitrogens with zero attached hydrogens (tertiary/aromatic N) is 1. The number of ketones is 1. The van der Waals surface area contributed by atoms with E-state index in [1.54, 1.807) is 34.4 Å². The average Bonchev–Trinajstić information content (AvgIpc) is 3.29. The zero-order chi connectivity index (χ0) is 21.8. The second-order valence-electron chi connectivity index (χ2n) is 6.88. The van der Waals surface area contributed by atoms with E-state index in [-0.39, 0.29) is 17.4 Å². The van der Waals surface area contributed by atoms with Crippen LogP contribution in [0, 0.1) is 5.82 Å². The van der Waals surface area contributed by atoms with Crippen molar-refractivity contribution in [1.82, 2.24) is 0 Å². The van der Waals surface area contributed by atoms with Crippen LogP contribution in [0.4, 0.5) is 10.1 Å². The molecule has 0 saturated carbocycles. The summed E-state index contributed by atoms with van der Waals surface area (Å²) in [7, 11) is 0. The largest absolute Gasteiger partial charge is 0.486 e. The second-order valence-corrected chi connectivity index (χ2v) is 8.93. The smallest absolute Gasteiger partial charge is 0.237 e. The normalized spacial score (nSPS) is 12.5. The van der Waals surface area contributed by atoms with Crippen LogP contribution in [0.15, 0.2) is 58.8 Å². The first kappa shape index (κ1) is 21.4. The van der Waals surface area contributed by atoms with E-state index in [1.807, 2.05) is 23.6 Å². The number of fused-ring (bicyclic) bond motifs is 1. The van der Waals surface area contributed by atoms with Crippen LogP contribution in [-0.4, -0.2) is 30.7 Å². The third kappa shape index (κ3) is 5.08. The molecule has 0 N–H and O–H groups in total. The maximum atomic E-state index is 14.4. The number of thioether (sulfide) groups is 1. The Bertz CT molecular complexity index is 1100. The number of anilines is 1. The lowest BCUT2D eigenvalue weighted by atomic mass is 10.1. The van der Waals surface area contributed by atoms with E-state index in [2.05, 4.69) is 0 Å². The second kappa shape index (κ2) is 9.53. The van der Waals surface area contributed by atoms with Crippen molar-refractivity contribution in [2.45, 2.75) is 18.4 Å². The molecule has 0 bridgehead atoms. The number of carbonyl (C=O) groups is 2. The number of benzene rings is 2.